The van der Waals surface area contributed by atoms with E-state index in [2.05, 4.69) is 5.32 Å². The number of amides is 2. The second-order valence-electron chi connectivity index (χ2n) is 7.88. The van der Waals surface area contributed by atoms with Crippen LogP contribution in [0.25, 0.3) is 0 Å². The summed E-state index contributed by atoms with van der Waals surface area (Å²) in [5.74, 6) is -0.328. The number of fused-ring (bicyclic) bond motifs is 1. The summed E-state index contributed by atoms with van der Waals surface area (Å²) in [4.78, 5) is 27.8. The average Bonchev–Trinajstić information content (AvgIpc) is 3.21. The van der Waals surface area contributed by atoms with E-state index in [1.807, 2.05) is 0 Å². The van der Waals surface area contributed by atoms with E-state index in [0.717, 1.165) is 19.1 Å². The number of hydrogen-bond donors (Lipinski definition) is 1. The third kappa shape index (κ3) is 4.68. The first-order chi connectivity index (χ1) is 15.2. The fraction of sp³-hybridized carbons (Fsp3) is 0.364. The predicted octanol–water partition coefficient (Wildman–Crippen LogP) is 3.13. The van der Waals surface area contributed by atoms with Gasteiger partial charge in [0.1, 0.15) is 5.75 Å². The van der Waals surface area contributed by atoms with Gasteiger partial charge in [-0.1, -0.05) is 23.7 Å². The molecule has 170 valence electrons. The first-order valence-electron chi connectivity index (χ1n) is 10.4. The molecule has 2 aromatic carbocycles. The van der Waals surface area contributed by atoms with Crippen LogP contribution in [-0.2, 0) is 14.8 Å². The molecule has 1 saturated heterocycles. The molecule has 10 heteroatoms. The summed E-state index contributed by atoms with van der Waals surface area (Å²) in [5.41, 5.74) is 1.11. The molecule has 2 aromatic rings. The molecular formula is C22H24ClN3O5S. The molecule has 2 amide bonds. The molecule has 2 aliphatic rings. The molecule has 0 saturated carbocycles. The van der Waals surface area contributed by atoms with Gasteiger partial charge < -0.3 is 15.0 Å². The molecule has 32 heavy (non-hydrogen) atoms. The second kappa shape index (κ2) is 8.99. The number of nitrogens with zero attached hydrogens (tertiary/aromatic N) is 2. The molecule has 8 nitrogen and oxygen atoms in total. The van der Waals surface area contributed by atoms with Gasteiger partial charge in [-0.25, -0.2) is 8.42 Å². The molecule has 4 rings (SSSR count). The number of nitrogens with one attached hydrogen (secondary N) is 1. The largest absolute Gasteiger partial charge is 0.478 e. The summed E-state index contributed by atoms with van der Waals surface area (Å²) in [6, 6.07) is 11.5. The number of halogens is 1. The molecule has 1 unspecified atom stereocenters. The third-order valence-electron chi connectivity index (χ3n) is 5.55. The highest BCUT2D eigenvalue weighted by molar-refractivity contribution is 7.92. The van der Waals surface area contributed by atoms with Gasteiger partial charge in [-0.2, -0.15) is 0 Å². The highest BCUT2D eigenvalue weighted by atomic mass is 35.5. The average molecular weight is 478 g/mol. The molecule has 1 N–H and O–H groups in total. The third-order valence-corrected chi connectivity index (χ3v) is 6.97. The zero-order valence-corrected chi connectivity index (χ0v) is 19.2. The quantitative estimate of drug-likeness (QED) is 0.729. The lowest BCUT2D eigenvalue weighted by Crippen LogP contribution is -2.36. The Labute approximate surface area is 192 Å². The number of benzene rings is 2. The molecule has 0 spiro atoms. The van der Waals surface area contributed by atoms with Crippen LogP contribution in [0.5, 0.6) is 5.75 Å². The van der Waals surface area contributed by atoms with Crippen LogP contribution in [0.1, 0.15) is 29.6 Å². The Morgan fingerprint density at radius 3 is 2.53 bits per heavy atom. The van der Waals surface area contributed by atoms with Crippen molar-refractivity contribution in [2.24, 2.45) is 0 Å². The van der Waals surface area contributed by atoms with Crippen molar-refractivity contribution in [1.29, 1.82) is 0 Å². The number of carbonyl (C=O) groups is 2. The summed E-state index contributed by atoms with van der Waals surface area (Å²) < 4.78 is 31.7. The number of para-hydroxylation sites is 1. The molecule has 0 aromatic heterocycles. The van der Waals surface area contributed by atoms with E-state index in [4.69, 9.17) is 16.3 Å². The van der Waals surface area contributed by atoms with Gasteiger partial charge in [0, 0.05) is 31.1 Å². The molecule has 0 radical (unpaired) electrons. The number of hydrogen-bond acceptors (Lipinski definition) is 5. The fourth-order valence-corrected chi connectivity index (χ4v) is 5.07. The Morgan fingerprint density at radius 2 is 1.81 bits per heavy atom. The molecule has 1 fully saturated rings. The van der Waals surface area contributed by atoms with Gasteiger partial charge in [0.25, 0.3) is 11.8 Å². The maximum atomic E-state index is 13.1. The summed E-state index contributed by atoms with van der Waals surface area (Å²) in [7, 11) is -3.60. The maximum Gasteiger partial charge on any atom is 0.265 e. The molecular weight excluding hydrogens is 454 g/mol. The van der Waals surface area contributed by atoms with E-state index in [-0.39, 0.29) is 24.6 Å². The van der Waals surface area contributed by atoms with Crippen molar-refractivity contribution in [3.8, 4) is 5.75 Å². The summed E-state index contributed by atoms with van der Waals surface area (Å²) in [6.07, 6.45) is 2.22. The highest BCUT2D eigenvalue weighted by Gasteiger charge is 2.32. The van der Waals surface area contributed by atoms with Gasteiger partial charge in [-0.15, -0.1) is 0 Å². The number of ether oxygens (including phenoxy) is 1. The Kier molecular flexibility index (Phi) is 6.30. The number of carbonyl (C=O) groups excluding carboxylic acids is 2. The summed E-state index contributed by atoms with van der Waals surface area (Å²) >= 11 is 6.06. The molecule has 2 heterocycles. The van der Waals surface area contributed by atoms with E-state index in [9.17, 15) is 18.0 Å². The van der Waals surface area contributed by atoms with E-state index in [1.54, 1.807) is 41.3 Å². The summed E-state index contributed by atoms with van der Waals surface area (Å²) in [6.45, 7) is 1.46. The van der Waals surface area contributed by atoms with Gasteiger partial charge in [0.2, 0.25) is 10.0 Å². The number of likely N-dealkylation sites (tertiary alicyclic amines) is 1. The van der Waals surface area contributed by atoms with Crippen molar-refractivity contribution in [2.75, 3.05) is 35.5 Å². The van der Waals surface area contributed by atoms with Crippen LogP contribution in [0.15, 0.2) is 42.5 Å². The minimum Gasteiger partial charge on any atom is -0.478 e. The van der Waals surface area contributed by atoms with Crippen LogP contribution < -0.4 is 14.4 Å². The Balaban J connectivity index is 1.57. The molecule has 0 aliphatic carbocycles. The Bertz CT molecular complexity index is 1150. The zero-order valence-electron chi connectivity index (χ0n) is 17.6. The minimum atomic E-state index is -3.60. The van der Waals surface area contributed by atoms with Crippen LogP contribution in [0, 0.1) is 0 Å². The van der Waals surface area contributed by atoms with Gasteiger partial charge in [0.05, 0.1) is 23.2 Å². The van der Waals surface area contributed by atoms with E-state index in [0.29, 0.717) is 35.1 Å². The second-order valence-corrected chi connectivity index (χ2v) is 10.2. The van der Waals surface area contributed by atoms with Crippen molar-refractivity contribution in [1.82, 2.24) is 4.90 Å². The number of rotatable bonds is 4. The number of sulfonamides is 1. The van der Waals surface area contributed by atoms with Crippen LogP contribution in [0.4, 0.5) is 11.4 Å². The predicted molar refractivity (Wildman–Crippen MR) is 123 cm³/mol. The standard InChI is InChI=1S/C22H24ClN3O5S/c1-32(29,30)26-13-10-20(31-19-9-8-15(23)14-18(19)26)21(27)24-17-7-3-2-6-16(17)22(28)25-11-4-5-12-25/h2-3,6-9,14,20H,4-5,10-13H2,1H3,(H,24,27). The molecule has 1 atom stereocenters. The first-order valence-corrected chi connectivity index (χ1v) is 12.6. The van der Waals surface area contributed by atoms with E-state index < -0.39 is 22.0 Å². The van der Waals surface area contributed by atoms with Crippen LogP contribution in [-0.4, -0.2) is 57.1 Å². The normalized spacial score (nSPS) is 18.5. The van der Waals surface area contributed by atoms with E-state index >= 15 is 0 Å². The van der Waals surface area contributed by atoms with Crippen molar-refractivity contribution >= 4 is 44.8 Å². The SMILES string of the molecule is CS(=O)(=O)N1CCC(C(=O)Nc2ccccc2C(=O)N2CCCC2)Oc2ccc(Cl)cc21. The van der Waals surface area contributed by atoms with E-state index in [1.165, 1.54) is 10.4 Å². The smallest absolute Gasteiger partial charge is 0.265 e. The van der Waals surface area contributed by atoms with Gasteiger partial charge in [-0.05, 0) is 43.2 Å². The molecule has 0 bridgehead atoms. The summed E-state index contributed by atoms with van der Waals surface area (Å²) in [5, 5.41) is 3.16. The lowest BCUT2D eigenvalue weighted by molar-refractivity contribution is -0.122. The van der Waals surface area contributed by atoms with Crippen molar-refractivity contribution in [3.63, 3.8) is 0 Å². The van der Waals surface area contributed by atoms with Crippen molar-refractivity contribution in [3.05, 3.63) is 53.1 Å². The molecule has 2 aliphatic heterocycles. The first kappa shape index (κ1) is 22.4. The van der Waals surface area contributed by atoms with Crippen LogP contribution >= 0.6 is 11.6 Å². The van der Waals surface area contributed by atoms with Gasteiger partial charge in [-0.3, -0.25) is 13.9 Å². The Hall–Kier alpha value is -2.78. The van der Waals surface area contributed by atoms with Crippen LogP contribution in [0.3, 0.4) is 0 Å². The minimum absolute atomic E-state index is 0.0542. The number of anilines is 2. The Morgan fingerprint density at radius 1 is 1.09 bits per heavy atom. The maximum absolute atomic E-state index is 13.1. The van der Waals surface area contributed by atoms with Crippen LogP contribution in [0.2, 0.25) is 5.02 Å². The zero-order chi connectivity index (χ0) is 22.9. The van der Waals surface area contributed by atoms with Gasteiger partial charge >= 0.3 is 0 Å². The monoisotopic (exact) mass is 477 g/mol. The fourth-order valence-electron chi connectivity index (χ4n) is 3.96. The van der Waals surface area contributed by atoms with Crippen molar-refractivity contribution in [2.45, 2.75) is 25.4 Å². The lowest BCUT2D eigenvalue weighted by Gasteiger charge is -2.21. The van der Waals surface area contributed by atoms with Gasteiger partial charge in [0.15, 0.2) is 6.10 Å². The lowest BCUT2D eigenvalue weighted by atomic mass is 10.1. The van der Waals surface area contributed by atoms with Crippen molar-refractivity contribution < 1.29 is 22.7 Å². The topological polar surface area (TPSA) is 96.0 Å². The highest BCUT2D eigenvalue weighted by Crippen LogP contribution is 2.36.